The molecule has 216 valence electrons. The Hall–Kier alpha value is -5.67. The third kappa shape index (κ3) is 3.29. The zero-order chi connectivity index (χ0) is 29.9. The summed E-state index contributed by atoms with van der Waals surface area (Å²) in [5, 5.41) is 3.57. The van der Waals surface area contributed by atoms with Crippen molar-refractivity contribution in [1.82, 2.24) is 9.24 Å². The van der Waals surface area contributed by atoms with Crippen LogP contribution in [0.3, 0.4) is 0 Å². The first kappa shape index (κ1) is 24.6. The molecule has 0 amide bonds. The van der Waals surface area contributed by atoms with Gasteiger partial charge in [-0.25, -0.2) is 5.32 Å². The van der Waals surface area contributed by atoms with E-state index in [0.717, 1.165) is 17.4 Å². The van der Waals surface area contributed by atoms with Crippen LogP contribution < -0.4 is 9.98 Å². The molecular formula is C42H29N3O+2. The third-order valence-corrected chi connectivity index (χ3v) is 10.5. The van der Waals surface area contributed by atoms with Gasteiger partial charge in [-0.15, -0.1) is 9.24 Å². The van der Waals surface area contributed by atoms with Crippen molar-refractivity contribution in [2.75, 3.05) is 0 Å². The molecule has 3 heterocycles. The highest BCUT2D eigenvalue weighted by atomic mass is 16.5. The normalized spacial score (nSPS) is 24.1. The second-order valence-electron chi connectivity index (χ2n) is 13.0. The average molecular weight is 592 g/mol. The van der Waals surface area contributed by atoms with Gasteiger partial charge in [0.25, 0.3) is 5.71 Å². The number of hydrogen-bond donors (Lipinski definition) is 1. The van der Waals surface area contributed by atoms with E-state index in [1.165, 1.54) is 66.7 Å². The maximum Gasteiger partial charge on any atom is 0.554 e. The first-order valence-electron chi connectivity index (χ1n) is 16.2. The summed E-state index contributed by atoms with van der Waals surface area (Å²) in [5.41, 5.74) is 14.9. The number of aromatic nitrogens is 1. The van der Waals surface area contributed by atoms with Crippen LogP contribution in [0, 0.1) is 5.92 Å². The third-order valence-electron chi connectivity index (χ3n) is 10.5. The lowest BCUT2D eigenvalue weighted by Crippen LogP contribution is -2.94. The molecule has 4 atom stereocenters. The Morgan fingerprint density at radius 1 is 0.783 bits per heavy atom. The molecule has 1 aromatic heterocycles. The zero-order valence-corrected chi connectivity index (χ0v) is 25.0. The maximum absolute atomic E-state index is 7.13. The molecule has 46 heavy (non-hydrogen) atoms. The summed E-state index contributed by atoms with van der Waals surface area (Å²) in [6.45, 7) is 0. The summed E-state index contributed by atoms with van der Waals surface area (Å²) >= 11 is 0. The summed E-state index contributed by atoms with van der Waals surface area (Å²) in [4.78, 5) is 0. The van der Waals surface area contributed by atoms with Gasteiger partial charge in [0.2, 0.25) is 0 Å². The van der Waals surface area contributed by atoms with Crippen LogP contribution in [0.4, 0.5) is 0 Å². The zero-order valence-electron chi connectivity index (χ0n) is 25.0. The van der Waals surface area contributed by atoms with Crippen molar-refractivity contribution >= 4 is 28.1 Å². The summed E-state index contributed by atoms with van der Waals surface area (Å²) in [7, 11) is 0. The number of para-hydroxylation sites is 1. The topological polar surface area (TPSA) is 44.9 Å². The fourth-order valence-corrected chi connectivity index (χ4v) is 8.39. The number of hydrogen-bond acceptors (Lipinski definition) is 1. The van der Waals surface area contributed by atoms with Crippen molar-refractivity contribution in [3.63, 3.8) is 0 Å². The van der Waals surface area contributed by atoms with Gasteiger partial charge in [-0.1, -0.05) is 109 Å². The Bertz CT molecular complexity index is 2410. The summed E-state index contributed by atoms with van der Waals surface area (Å²) in [6.07, 6.45) is 13.5. The van der Waals surface area contributed by atoms with Gasteiger partial charge in [-0.05, 0) is 58.2 Å². The van der Waals surface area contributed by atoms with Crippen LogP contribution in [0.25, 0.3) is 38.7 Å². The minimum absolute atomic E-state index is 0.0968. The minimum Gasteiger partial charge on any atom is -0.480 e. The van der Waals surface area contributed by atoms with Gasteiger partial charge in [0.05, 0.1) is 5.92 Å². The predicted molar refractivity (Wildman–Crippen MR) is 184 cm³/mol. The van der Waals surface area contributed by atoms with Crippen LogP contribution in [0.2, 0.25) is 0 Å². The van der Waals surface area contributed by atoms with Crippen LogP contribution in [0.15, 0.2) is 156 Å². The molecule has 0 radical (unpaired) electrons. The molecule has 0 saturated heterocycles. The van der Waals surface area contributed by atoms with Crippen LogP contribution in [0.5, 0.6) is 0 Å². The Balaban J connectivity index is 1.18. The Morgan fingerprint density at radius 2 is 1.59 bits per heavy atom. The highest BCUT2D eigenvalue weighted by molar-refractivity contribution is 6.29. The van der Waals surface area contributed by atoms with Crippen LogP contribution in [0.1, 0.15) is 28.8 Å². The van der Waals surface area contributed by atoms with Gasteiger partial charge in [0.1, 0.15) is 11.3 Å². The molecule has 0 saturated carbocycles. The summed E-state index contributed by atoms with van der Waals surface area (Å²) in [6, 6.07) is 37.4. The molecule has 2 aliphatic heterocycles. The van der Waals surface area contributed by atoms with E-state index < -0.39 is 0 Å². The number of allylic oxidation sites excluding steroid dienone is 6. The van der Waals surface area contributed by atoms with Crippen molar-refractivity contribution in [1.29, 1.82) is 0 Å². The van der Waals surface area contributed by atoms with E-state index in [-0.39, 0.29) is 18.1 Å². The van der Waals surface area contributed by atoms with Crippen molar-refractivity contribution in [2.24, 2.45) is 5.92 Å². The number of benzene rings is 4. The lowest BCUT2D eigenvalue weighted by molar-refractivity contribution is -0.550. The highest BCUT2D eigenvalue weighted by Crippen LogP contribution is 2.62. The fourth-order valence-electron chi connectivity index (χ4n) is 8.39. The van der Waals surface area contributed by atoms with Crippen LogP contribution in [-0.2, 0) is 4.74 Å². The minimum atomic E-state index is -0.153. The Kier molecular flexibility index (Phi) is 4.79. The molecule has 6 aliphatic rings. The van der Waals surface area contributed by atoms with Gasteiger partial charge >= 0.3 is 5.96 Å². The first-order valence-corrected chi connectivity index (χ1v) is 16.2. The van der Waals surface area contributed by atoms with E-state index in [4.69, 9.17) is 9.40 Å². The van der Waals surface area contributed by atoms with Crippen molar-refractivity contribution in [3.05, 3.63) is 173 Å². The monoisotopic (exact) mass is 591 g/mol. The second-order valence-corrected chi connectivity index (χ2v) is 13.0. The van der Waals surface area contributed by atoms with Crippen molar-refractivity contribution in [3.8, 4) is 22.3 Å². The lowest BCUT2D eigenvalue weighted by atomic mass is 9.74. The number of fused-ring (bicyclic) bond motifs is 12. The standard InChI is InChI=1S/C42H27N3O/c1-3-10-24(11-4-1)26-18-20-29-33(22-26)37-31-21-19-27-23-32(27)40(31)46-41(37)39-36(29)30-14-7-8-17-35(30)45(39)42-43-34-16-9-15-28(38(34)44-42)25-12-5-2-6-13-25/h1-23,27,34,37,41H/p+2. The van der Waals surface area contributed by atoms with E-state index in [0.29, 0.717) is 5.92 Å². The number of ether oxygens (including phenoxy) is 1. The van der Waals surface area contributed by atoms with Gasteiger partial charge in [-0.3, -0.25) is 0 Å². The molecule has 0 spiro atoms. The molecule has 4 aliphatic carbocycles. The average Bonchev–Trinajstić information content (AvgIpc) is 3.45. The summed E-state index contributed by atoms with van der Waals surface area (Å²) in [5.74, 6) is 2.57. The van der Waals surface area contributed by atoms with E-state index in [1.807, 2.05) is 0 Å². The fraction of sp³-hybridized carbons (Fsp3) is 0.0952. The molecule has 5 aromatic rings. The second kappa shape index (κ2) is 8.95. The number of nitrogens with two attached hydrogens (primary N) is 1. The highest BCUT2D eigenvalue weighted by Gasteiger charge is 2.53. The Labute approximate surface area is 266 Å². The molecule has 4 heteroatoms. The van der Waals surface area contributed by atoms with E-state index in [1.54, 1.807) is 0 Å². The van der Waals surface area contributed by atoms with Crippen LogP contribution >= 0.6 is 0 Å². The van der Waals surface area contributed by atoms with E-state index >= 15 is 0 Å². The van der Waals surface area contributed by atoms with Gasteiger partial charge in [0.15, 0.2) is 17.8 Å². The SMILES string of the molecule is C1=CC2[NH2+]C(n3c4c(c5ccccc53)-c3ccc(-c5ccccc5)cc3C3C5=C(OC43)C3=CC3C=C5)=[N+]=C2C(c2ccccc2)=C1. The quantitative estimate of drug-likeness (QED) is 0.225. The predicted octanol–water partition coefficient (Wildman–Crippen LogP) is 6.84. The number of rotatable bonds is 2. The molecule has 4 nitrogen and oxygen atoms in total. The molecule has 0 bridgehead atoms. The molecule has 4 aromatic carbocycles. The molecule has 4 unspecified atom stereocenters. The molecule has 2 N–H and O–H groups in total. The van der Waals surface area contributed by atoms with Crippen molar-refractivity contribution < 1.29 is 10.1 Å². The van der Waals surface area contributed by atoms with Crippen LogP contribution in [-0.4, -0.2) is 22.3 Å². The van der Waals surface area contributed by atoms with Gasteiger partial charge < -0.3 is 4.74 Å². The van der Waals surface area contributed by atoms with Gasteiger partial charge in [-0.2, -0.15) is 0 Å². The molecule has 11 rings (SSSR count). The Morgan fingerprint density at radius 3 is 2.46 bits per heavy atom. The number of nitrogens with zero attached hydrogens (tertiary/aromatic N) is 2. The molecule has 0 fully saturated rings. The number of quaternary nitrogens is 1. The van der Waals surface area contributed by atoms with Crippen molar-refractivity contribution in [2.45, 2.75) is 18.1 Å². The summed E-state index contributed by atoms with van der Waals surface area (Å²) < 4.78 is 15.0. The first-order chi connectivity index (χ1) is 22.8. The van der Waals surface area contributed by atoms with Gasteiger partial charge in [0, 0.05) is 33.6 Å². The van der Waals surface area contributed by atoms with E-state index in [2.05, 4.69) is 149 Å². The maximum atomic E-state index is 7.13. The van der Waals surface area contributed by atoms with E-state index in [9.17, 15) is 0 Å². The largest absolute Gasteiger partial charge is 0.554 e. The molecular weight excluding hydrogens is 562 g/mol. The smallest absolute Gasteiger partial charge is 0.480 e. The lowest BCUT2D eigenvalue weighted by Gasteiger charge is -2.28.